The molecule has 2 heterocycles. The topological polar surface area (TPSA) is 62.4 Å². The van der Waals surface area contributed by atoms with Crippen LogP contribution in [-0.4, -0.2) is 18.4 Å². The fourth-order valence-corrected chi connectivity index (χ4v) is 3.12. The van der Waals surface area contributed by atoms with Gasteiger partial charge < -0.3 is 5.32 Å². The quantitative estimate of drug-likeness (QED) is 0.588. The molecule has 4 nitrogen and oxygen atoms in total. The monoisotopic (exact) mass is 292 g/mol. The highest BCUT2D eigenvalue weighted by atomic mass is 35.5. The summed E-state index contributed by atoms with van der Waals surface area (Å²) in [6, 6.07) is 9.79. The first-order chi connectivity index (χ1) is 9.29. The molecule has 19 heavy (non-hydrogen) atoms. The molecule has 1 atom stereocenters. The van der Waals surface area contributed by atoms with Crippen LogP contribution in [0.3, 0.4) is 0 Å². The molecule has 3 rings (SSSR count). The van der Waals surface area contributed by atoms with Crippen molar-refractivity contribution < 1.29 is 0 Å². The molecule has 0 amide bonds. The minimum absolute atomic E-state index is 0.0719. The van der Waals surface area contributed by atoms with Gasteiger partial charge in [-0.15, -0.1) is 11.3 Å². The molecule has 98 valence electrons. The van der Waals surface area contributed by atoms with Crippen LogP contribution in [0, 0.1) is 0 Å². The van der Waals surface area contributed by atoms with Crippen LogP contribution in [0.25, 0.3) is 0 Å². The molecule has 1 unspecified atom stereocenters. The summed E-state index contributed by atoms with van der Waals surface area (Å²) in [4.78, 5) is 4.65. The Bertz CT molecular complexity index is 623. The highest BCUT2D eigenvalue weighted by Crippen LogP contribution is 2.30. The third kappa shape index (κ3) is 2.37. The van der Waals surface area contributed by atoms with Crippen molar-refractivity contribution in [1.29, 1.82) is 0 Å². The second-order valence-electron chi connectivity index (χ2n) is 4.20. The molecular formula is C13H13ClN4S. The summed E-state index contributed by atoms with van der Waals surface area (Å²) in [5.74, 6) is 5.51. The molecule has 0 saturated heterocycles. The molecule has 1 aliphatic heterocycles. The molecular weight excluding hydrogens is 280 g/mol. The van der Waals surface area contributed by atoms with Crippen LogP contribution in [-0.2, 0) is 0 Å². The average molecular weight is 293 g/mol. The van der Waals surface area contributed by atoms with Crippen molar-refractivity contribution in [2.45, 2.75) is 6.17 Å². The lowest BCUT2D eigenvalue weighted by atomic mass is 10.0. The predicted molar refractivity (Wildman–Crippen MR) is 81.0 cm³/mol. The van der Waals surface area contributed by atoms with Gasteiger partial charge in [-0.2, -0.15) is 0 Å². The fourth-order valence-electron chi connectivity index (χ4n) is 2.06. The van der Waals surface area contributed by atoms with Gasteiger partial charge in [-0.1, -0.05) is 29.8 Å². The summed E-state index contributed by atoms with van der Waals surface area (Å²) in [5.41, 5.74) is 5.64. The average Bonchev–Trinajstić information content (AvgIpc) is 2.80. The van der Waals surface area contributed by atoms with E-state index < -0.39 is 0 Å². The van der Waals surface area contributed by atoms with Crippen LogP contribution in [0.15, 0.2) is 40.7 Å². The van der Waals surface area contributed by atoms with E-state index in [1.807, 2.05) is 35.7 Å². The largest absolute Gasteiger partial charge is 0.358 e. The van der Waals surface area contributed by atoms with Gasteiger partial charge in [0, 0.05) is 16.1 Å². The van der Waals surface area contributed by atoms with Crippen LogP contribution in [0.4, 0.5) is 5.00 Å². The number of nitrogens with one attached hydrogen (secondary N) is 2. The molecule has 6 heteroatoms. The Morgan fingerprint density at radius 2 is 2.16 bits per heavy atom. The fraction of sp³-hybridized carbons (Fsp3) is 0.154. The van der Waals surface area contributed by atoms with Crippen molar-refractivity contribution in [1.82, 2.24) is 5.43 Å². The lowest BCUT2D eigenvalue weighted by molar-refractivity contribution is 0.597. The molecule has 0 spiro atoms. The van der Waals surface area contributed by atoms with Crippen LogP contribution in [0.5, 0.6) is 0 Å². The second kappa shape index (κ2) is 5.30. The van der Waals surface area contributed by atoms with Gasteiger partial charge in [-0.3, -0.25) is 10.8 Å². The van der Waals surface area contributed by atoms with E-state index in [-0.39, 0.29) is 6.17 Å². The molecule has 0 saturated carbocycles. The number of nitrogens with two attached hydrogens (primary N) is 1. The number of rotatable bonds is 2. The smallest absolute Gasteiger partial charge is 0.110 e. The zero-order valence-electron chi connectivity index (χ0n) is 10.1. The minimum atomic E-state index is -0.0719. The van der Waals surface area contributed by atoms with Gasteiger partial charge >= 0.3 is 0 Å². The maximum absolute atomic E-state index is 6.28. The van der Waals surface area contributed by atoms with Crippen molar-refractivity contribution in [3.05, 3.63) is 51.9 Å². The Labute approximate surface area is 120 Å². The number of thiophene rings is 1. The highest BCUT2D eigenvalue weighted by molar-refractivity contribution is 7.14. The molecule has 4 N–H and O–H groups in total. The van der Waals surface area contributed by atoms with Crippen molar-refractivity contribution in [2.75, 3.05) is 11.9 Å². The van der Waals surface area contributed by atoms with E-state index >= 15 is 0 Å². The number of aliphatic imine (C=N–C) groups is 1. The van der Waals surface area contributed by atoms with E-state index in [9.17, 15) is 0 Å². The van der Waals surface area contributed by atoms with Gasteiger partial charge in [0.15, 0.2) is 0 Å². The first-order valence-corrected chi connectivity index (χ1v) is 7.15. The summed E-state index contributed by atoms with van der Waals surface area (Å²) >= 11 is 7.91. The molecule has 0 bridgehead atoms. The second-order valence-corrected chi connectivity index (χ2v) is 5.52. The van der Waals surface area contributed by atoms with Crippen molar-refractivity contribution >= 4 is 33.7 Å². The number of hydrogen-bond donors (Lipinski definition) is 3. The molecule has 1 aliphatic rings. The normalized spacial score (nSPS) is 18.2. The highest BCUT2D eigenvalue weighted by Gasteiger charge is 2.20. The van der Waals surface area contributed by atoms with E-state index in [2.05, 4.69) is 15.7 Å². The van der Waals surface area contributed by atoms with Gasteiger partial charge in [0.1, 0.15) is 6.17 Å². The van der Waals surface area contributed by atoms with Crippen molar-refractivity contribution in [2.24, 2.45) is 10.8 Å². The maximum Gasteiger partial charge on any atom is 0.110 e. The van der Waals surface area contributed by atoms with E-state index in [4.69, 9.17) is 17.4 Å². The number of hydrazine groups is 1. The van der Waals surface area contributed by atoms with Gasteiger partial charge in [-0.05, 0) is 17.5 Å². The number of nitrogens with zero attached hydrogens (tertiary/aromatic N) is 1. The van der Waals surface area contributed by atoms with Crippen LogP contribution >= 0.6 is 22.9 Å². The maximum atomic E-state index is 6.28. The Balaban J connectivity index is 2.11. The molecule has 1 aromatic heterocycles. The molecule has 0 aliphatic carbocycles. The number of halogens is 1. The van der Waals surface area contributed by atoms with Gasteiger partial charge in [-0.25, -0.2) is 5.43 Å². The van der Waals surface area contributed by atoms with Crippen molar-refractivity contribution in [3.63, 3.8) is 0 Å². The first kappa shape index (κ1) is 12.6. The first-order valence-electron chi connectivity index (χ1n) is 5.89. The number of benzene rings is 1. The van der Waals surface area contributed by atoms with Crippen LogP contribution in [0.1, 0.15) is 11.1 Å². The number of hydrogen-bond acceptors (Lipinski definition) is 5. The minimum Gasteiger partial charge on any atom is -0.358 e. The third-order valence-electron chi connectivity index (χ3n) is 2.99. The molecule has 1 aromatic carbocycles. The van der Waals surface area contributed by atoms with Gasteiger partial charge in [0.05, 0.1) is 17.3 Å². The molecule has 2 aromatic rings. The Morgan fingerprint density at radius 3 is 2.95 bits per heavy atom. The lowest BCUT2D eigenvalue weighted by Gasteiger charge is -2.13. The number of anilines is 1. The van der Waals surface area contributed by atoms with Gasteiger partial charge in [0.25, 0.3) is 0 Å². The summed E-state index contributed by atoms with van der Waals surface area (Å²) in [7, 11) is 0. The summed E-state index contributed by atoms with van der Waals surface area (Å²) in [6.07, 6.45) is -0.0719. The Hall–Kier alpha value is -1.40. The predicted octanol–water partition coefficient (Wildman–Crippen LogP) is 2.45. The third-order valence-corrected chi connectivity index (χ3v) is 4.16. The Morgan fingerprint density at radius 1 is 1.32 bits per heavy atom. The molecule has 0 radical (unpaired) electrons. The van der Waals surface area contributed by atoms with Crippen molar-refractivity contribution in [3.8, 4) is 0 Å². The van der Waals surface area contributed by atoms with E-state index in [0.717, 1.165) is 21.8 Å². The lowest BCUT2D eigenvalue weighted by Crippen LogP contribution is -2.42. The summed E-state index contributed by atoms with van der Waals surface area (Å²) < 4.78 is 0. The summed E-state index contributed by atoms with van der Waals surface area (Å²) in [6.45, 7) is 0.554. The zero-order valence-corrected chi connectivity index (χ0v) is 11.6. The van der Waals surface area contributed by atoms with E-state index in [1.165, 1.54) is 0 Å². The van der Waals surface area contributed by atoms with Crippen LogP contribution < -0.4 is 16.6 Å². The molecule has 0 fully saturated rings. The SMILES string of the molecule is NNC1CN=C(c2ccccc2Cl)c2ccsc2N1. The van der Waals surface area contributed by atoms with Gasteiger partial charge in [0.2, 0.25) is 0 Å². The van der Waals surface area contributed by atoms with Crippen LogP contribution in [0.2, 0.25) is 5.02 Å². The Kier molecular flexibility index (Phi) is 3.52. The zero-order chi connectivity index (χ0) is 13.2. The number of fused-ring (bicyclic) bond motifs is 1. The van der Waals surface area contributed by atoms with E-state index in [1.54, 1.807) is 11.3 Å². The standard InChI is InChI=1S/C13H13ClN4S/c14-10-4-2-1-3-8(10)12-9-5-6-19-13(9)17-11(18-15)7-16-12/h1-6,11,17-18H,7,15H2. The summed E-state index contributed by atoms with van der Waals surface area (Å²) in [5, 5.41) is 7.12. The van der Waals surface area contributed by atoms with E-state index in [0.29, 0.717) is 11.6 Å².